The van der Waals surface area contributed by atoms with E-state index in [2.05, 4.69) is 25.9 Å². The number of benzene rings is 1. The van der Waals surface area contributed by atoms with Crippen LogP contribution in [0.1, 0.15) is 0 Å². The van der Waals surface area contributed by atoms with Gasteiger partial charge in [0.15, 0.2) is 0 Å². The second-order valence-corrected chi connectivity index (χ2v) is 4.73. The van der Waals surface area contributed by atoms with Crippen molar-refractivity contribution in [1.82, 2.24) is 9.97 Å². The summed E-state index contributed by atoms with van der Waals surface area (Å²) in [6, 6.07) is 4.94. The van der Waals surface area contributed by atoms with Crippen molar-refractivity contribution in [2.24, 2.45) is 0 Å². The minimum absolute atomic E-state index is 0.200. The van der Waals surface area contributed by atoms with E-state index < -0.39 is 11.6 Å². The van der Waals surface area contributed by atoms with Gasteiger partial charge in [0.05, 0.1) is 4.90 Å². The van der Waals surface area contributed by atoms with Gasteiger partial charge in [0.2, 0.25) is 0 Å². The Hall–Kier alpha value is -1.01. The van der Waals surface area contributed by atoms with Crippen molar-refractivity contribution in [1.29, 1.82) is 0 Å². The minimum Gasteiger partial charge on any atom is -0.230 e. The van der Waals surface area contributed by atoms with Gasteiger partial charge in [-0.3, -0.25) is 0 Å². The first-order chi connectivity index (χ1) is 7.65. The zero-order chi connectivity index (χ0) is 11.5. The summed E-state index contributed by atoms with van der Waals surface area (Å²) in [5.74, 6) is -0.946. The number of rotatable bonds is 2. The summed E-state index contributed by atoms with van der Waals surface area (Å²) in [6.45, 7) is 0. The molecule has 0 unspecified atom stereocenters. The topological polar surface area (TPSA) is 25.8 Å². The van der Waals surface area contributed by atoms with Crippen LogP contribution >= 0.6 is 27.7 Å². The van der Waals surface area contributed by atoms with E-state index in [1.54, 1.807) is 6.07 Å². The van der Waals surface area contributed by atoms with Crippen molar-refractivity contribution in [3.05, 3.63) is 46.8 Å². The molecule has 2 rings (SSSR count). The average Bonchev–Trinajstić information content (AvgIpc) is 2.24. The predicted octanol–water partition coefficient (Wildman–Crippen LogP) is 3.67. The van der Waals surface area contributed by atoms with E-state index in [1.807, 2.05) is 0 Å². The molecule has 0 amide bonds. The van der Waals surface area contributed by atoms with Crippen molar-refractivity contribution in [3.8, 4) is 0 Å². The Morgan fingerprint density at radius 1 is 1.12 bits per heavy atom. The standard InChI is InChI=1S/C10H5BrF2N2S/c11-9-4-10(15-5-14-9)16-8-3-6(12)1-2-7(8)13/h1-5H. The molecule has 0 aliphatic rings. The fraction of sp³-hybridized carbons (Fsp3) is 0. The summed E-state index contributed by atoms with van der Waals surface area (Å²) in [5, 5.41) is 0.548. The molecule has 0 fully saturated rings. The Morgan fingerprint density at radius 3 is 2.69 bits per heavy atom. The molecular formula is C10H5BrF2N2S. The van der Waals surface area contributed by atoms with Gasteiger partial charge in [-0.1, -0.05) is 11.8 Å². The molecule has 0 aliphatic carbocycles. The third kappa shape index (κ3) is 2.76. The van der Waals surface area contributed by atoms with E-state index in [0.29, 0.717) is 9.63 Å². The third-order valence-electron chi connectivity index (χ3n) is 1.72. The number of halogens is 3. The zero-order valence-electron chi connectivity index (χ0n) is 7.82. The predicted molar refractivity (Wildman–Crippen MR) is 60.2 cm³/mol. The average molecular weight is 303 g/mol. The molecule has 1 aromatic carbocycles. The molecule has 0 N–H and O–H groups in total. The monoisotopic (exact) mass is 302 g/mol. The number of hydrogen-bond acceptors (Lipinski definition) is 3. The Bertz CT molecular complexity index is 522. The minimum atomic E-state index is -0.475. The van der Waals surface area contributed by atoms with Crippen LogP contribution in [0.2, 0.25) is 0 Å². The molecule has 82 valence electrons. The molecule has 1 aromatic heterocycles. The summed E-state index contributed by atoms with van der Waals surface area (Å²) >= 11 is 4.22. The quantitative estimate of drug-likeness (QED) is 0.792. The van der Waals surface area contributed by atoms with Crippen molar-refractivity contribution in [2.75, 3.05) is 0 Å². The molecule has 6 heteroatoms. The Morgan fingerprint density at radius 2 is 1.94 bits per heavy atom. The third-order valence-corrected chi connectivity index (χ3v) is 3.12. The van der Waals surface area contributed by atoms with Gasteiger partial charge < -0.3 is 0 Å². The van der Waals surface area contributed by atoms with Crippen LogP contribution in [0.4, 0.5) is 8.78 Å². The summed E-state index contributed by atoms with van der Waals surface area (Å²) in [5.41, 5.74) is 0. The molecular weight excluding hydrogens is 298 g/mol. The first-order valence-corrected chi connectivity index (χ1v) is 5.86. The molecule has 2 aromatic rings. The zero-order valence-corrected chi connectivity index (χ0v) is 10.2. The summed E-state index contributed by atoms with van der Waals surface area (Å²) < 4.78 is 26.8. The van der Waals surface area contributed by atoms with Crippen molar-refractivity contribution in [3.63, 3.8) is 0 Å². The van der Waals surface area contributed by atoms with Gasteiger partial charge in [0.25, 0.3) is 0 Å². The highest BCUT2D eigenvalue weighted by atomic mass is 79.9. The molecule has 0 radical (unpaired) electrons. The van der Waals surface area contributed by atoms with Gasteiger partial charge >= 0.3 is 0 Å². The molecule has 0 aliphatic heterocycles. The van der Waals surface area contributed by atoms with Gasteiger partial charge in [-0.25, -0.2) is 18.7 Å². The van der Waals surface area contributed by atoms with E-state index in [4.69, 9.17) is 0 Å². The molecule has 2 nitrogen and oxygen atoms in total. The van der Waals surface area contributed by atoms with E-state index >= 15 is 0 Å². The second-order valence-electron chi connectivity index (χ2n) is 2.86. The van der Waals surface area contributed by atoms with Gasteiger partial charge in [-0.2, -0.15) is 0 Å². The molecule has 16 heavy (non-hydrogen) atoms. The highest BCUT2D eigenvalue weighted by molar-refractivity contribution is 9.10. The summed E-state index contributed by atoms with van der Waals surface area (Å²) in [6.07, 6.45) is 1.35. The lowest BCUT2D eigenvalue weighted by Gasteiger charge is -2.02. The van der Waals surface area contributed by atoms with E-state index in [1.165, 1.54) is 6.33 Å². The molecule has 0 saturated heterocycles. The highest BCUT2D eigenvalue weighted by Gasteiger charge is 2.07. The van der Waals surface area contributed by atoms with E-state index in [0.717, 1.165) is 30.0 Å². The molecule has 1 heterocycles. The van der Waals surface area contributed by atoms with E-state index in [-0.39, 0.29) is 4.90 Å². The first-order valence-electron chi connectivity index (χ1n) is 4.25. The second kappa shape index (κ2) is 4.88. The Kier molecular flexibility index (Phi) is 3.50. The van der Waals surface area contributed by atoms with Crippen molar-refractivity contribution in [2.45, 2.75) is 9.92 Å². The van der Waals surface area contributed by atoms with Crippen LogP contribution in [0.15, 0.2) is 45.1 Å². The van der Waals surface area contributed by atoms with Crippen molar-refractivity contribution < 1.29 is 8.78 Å². The maximum absolute atomic E-state index is 13.3. The highest BCUT2D eigenvalue weighted by Crippen LogP contribution is 2.29. The molecule has 0 saturated carbocycles. The summed E-state index contributed by atoms with van der Waals surface area (Å²) in [4.78, 5) is 7.98. The normalized spacial score (nSPS) is 10.4. The largest absolute Gasteiger partial charge is 0.230 e. The smallest absolute Gasteiger partial charge is 0.137 e. The number of aromatic nitrogens is 2. The molecule has 0 spiro atoms. The van der Waals surface area contributed by atoms with Crippen LogP contribution < -0.4 is 0 Å². The van der Waals surface area contributed by atoms with Crippen LogP contribution in [0, 0.1) is 11.6 Å². The Labute approximate surface area is 103 Å². The van der Waals surface area contributed by atoms with Gasteiger partial charge in [0.1, 0.15) is 27.6 Å². The van der Waals surface area contributed by atoms with Crippen LogP contribution in [-0.2, 0) is 0 Å². The summed E-state index contributed by atoms with van der Waals surface area (Å²) in [7, 11) is 0. The fourth-order valence-corrected chi connectivity index (χ4v) is 2.33. The van der Waals surface area contributed by atoms with Crippen LogP contribution in [-0.4, -0.2) is 9.97 Å². The lowest BCUT2D eigenvalue weighted by Crippen LogP contribution is -1.86. The Balaban J connectivity index is 2.30. The SMILES string of the molecule is Fc1ccc(F)c(Sc2cc(Br)ncn2)c1. The fourth-order valence-electron chi connectivity index (χ4n) is 1.04. The molecule has 0 atom stereocenters. The lowest BCUT2D eigenvalue weighted by atomic mass is 10.3. The van der Waals surface area contributed by atoms with Gasteiger partial charge in [-0.15, -0.1) is 0 Å². The molecule has 0 bridgehead atoms. The van der Waals surface area contributed by atoms with Gasteiger partial charge in [-0.05, 0) is 34.1 Å². The van der Waals surface area contributed by atoms with Crippen molar-refractivity contribution >= 4 is 27.7 Å². The van der Waals surface area contributed by atoms with E-state index in [9.17, 15) is 8.78 Å². The number of hydrogen-bond donors (Lipinski definition) is 0. The van der Waals surface area contributed by atoms with Crippen LogP contribution in [0.25, 0.3) is 0 Å². The maximum atomic E-state index is 13.3. The maximum Gasteiger partial charge on any atom is 0.137 e. The lowest BCUT2D eigenvalue weighted by molar-refractivity contribution is 0.577. The van der Waals surface area contributed by atoms with Crippen LogP contribution in [0.3, 0.4) is 0 Å². The van der Waals surface area contributed by atoms with Crippen LogP contribution in [0.5, 0.6) is 0 Å². The van der Waals surface area contributed by atoms with Gasteiger partial charge in [0, 0.05) is 6.07 Å². The first kappa shape index (κ1) is 11.5. The number of nitrogens with zero attached hydrogens (tertiary/aromatic N) is 2.